The second-order valence-corrected chi connectivity index (χ2v) is 3.62. The molecule has 6 heteroatoms. The van der Waals surface area contributed by atoms with Crippen LogP contribution in [0.15, 0.2) is 24.5 Å². The van der Waals surface area contributed by atoms with E-state index in [0.717, 1.165) is 0 Å². The van der Waals surface area contributed by atoms with Crippen molar-refractivity contribution in [3.05, 3.63) is 41.7 Å². The Morgan fingerprint density at radius 1 is 1.53 bits per heavy atom. The van der Waals surface area contributed by atoms with Crippen LogP contribution in [0, 0.1) is 5.82 Å². The summed E-state index contributed by atoms with van der Waals surface area (Å²) in [5.41, 5.74) is 0.807. The summed E-state index contributed by atoms with van der Waals surface area (Å²) < 4.78 is 20.0. The highest BCUT2D eigenvalue weighted by molar-refractivity contribution is 5.87. The predicted octanol–water partition coefficient (Wildman–Crippen LogP) is 1.60. The number of rotatable bonds is 1. The van der Waals surface area contributed by atoms with Gasteiger partial charge in [0, 0.05) is 6.07 Å². The number of fused-ring (bicyclic) bond motifs is 3. The highest BCUT2D eigenvalue weighted by Gasteiger charge is 2.24. The van der Waals surface area contributed by atoms with Crippen molar-refractivity contribution in [1.29, 1.82) is 0 Å². The summed E-state index contributed by atoms with van der Waals surface area (Å²) in [5, 5.41) is 8.93. The molecule has 0 saturated heterocycles. The Hall–Kier alpha value is -2.37. The van der Waals surface area contributed by atoms with Gasteiger partial charge in [0.1, 0.15) is 24.5 Å². The molecule has 1 aromatic heterocycles. The van der Waals surface area contributed by atoms with Crippen LogP contribution >= 0.6 is 0 Å². The zero-order chi connectivity index (χ0) is 12.0. The molecule has 1 aliphatic rings. The number of ether oxygens (including phenoxy) is 1. The zero-order valence-electron chi connectivity index (χ0n) is 8.55. The lowest BCUT2D eigenvalue weighted by Crippen LogP contribution is -2.15. The largest absolute Gasteiger partial charge is 0.485 e. The molecule has 0 aliphatic carbocycles. The maximum Gasteiger partial charge on any atom is 0.356 e. The average molecular weight is 234 g/mol. The number of carboxylic acids is 1. The number of benzene rings is 1. The highest BCUT2D eigenvalue weighted by atomic mass is 19.1. The molecule has 0 bridgehead atoms. The Balaban J connectivity index is 2.23. The number of aromatic nitrogens is 2. The fourth-order valence-electron chi connectivity index (χ4n) is 1.84. The Morgan fingerprint density at radius 2 is 2.35 bits per heavy atom. The van der Waals surface area contributed by atoms with E-state index in [9.17, 15) is 9.18 Å². The lowest BCUT2D eigenvalue weighted by molar-refractivity contribution is 0.0687. The van der Waals surface area contributed by atoms with Crippen molar-refractivity contribution >= 4 is 5.97 Å². The van der Waals surface area contributed by atoms with Crippen LogP contribution in [0.1, 0.15) is 16.2 Å². The molecule has 0 unspecified atom stereocenters. The van der Waals surface area contributed by atoms with Crippen LogP contribution in [0.5, 0.6) is 5.75 Å². The Bertz CT molecular complexity index is 621. The molecule has 1 aliphatic heterocycles. The van der Waals surface area contributed by atoms with Crippen molar-refractivity contribution in [2.45, 2.75) is 6.61 Å². The zero-order valence-corrected chi connectivity index (χ0v) is 8.55. The van der Waals surface area contributed by atoms with Crippen molar-refractivity contribution in [2.24, 2.45) is 0 Å². The number of hydrogen-bond acceptors (Lipinski definition) is 3. The normalized spacial score (nSPS) is 12.5. The molecule has 17 heavy (non-hydrogen) atoms. The molecule has 0 atom stereocenters. The smallest absolute Gasteiger partial charge is 0.356 e. The van der Waals surface area contributed by atoms with Crippen molar-refractivity contribution in [3.8, 4) is 11.4 Å². The standard InChI is InChI=1S/C11H7FN2O3/c12-6-1-2-9-7(3-6)14-5-13-10(11(15)16)8(14)4-17-9/h1-3,5H,4H2,(H,15,16). The summed E-state index contributed by atoms with van der Waals surface area (Å²) in [6, 6.07) is 4.08. The lowest BCUT2D eigenvalue weighted by atomic mass is 10.2. The molecule has 2 heterocycles. The minimum atomic E-state index is -1.12. The lowest BCUT2D eigenvalue weighted by Gasteiger charge is -2.19. The minimum absolute atomic E-state index is 0.0695. The molecule has 86 valence electrons. The van der Waals surface area contributed by atoms with Gasteiger partial charge in [-0.3, -0.25) is 4.57 Å². The second-order valence-electron chi connectivity index (χ2n) is 3.62. The van der Waals surface area contributed by atoms with Crippen molar-refractivity contribution < 1.29 is 19.0 Å². The topological polar surface area (TPSA) is 64.3 Å². The first kappa shape index (κ1) is 9.83. The van der Waals surface area contributed by atoms with E-state index in [1.165, 1.54) is 29.1 Å². The molecule has 3 rings (SSSR count). The molecule has 0 fully saturated rings. The van der Waals surface area contributed by atoms with Crippen LogP contribution < -0.4 is 4.74 Å². The first-order chi connectivity index (χ1) is 8.16. The first-order valence-electron chi connectivity index (χ1n) is 4.89. The monoisotopic (exact) mass is 234 g/mol. The Labute approximate surface area is 95.1 Å². The minimum Gasteiger partial charge on any atom is -0.485 e. The molecule has 2 aromatic rings. The second kappa shape index (κ2) is 3.31. The number of nitrogens with zero attached hydrogens (tertiary/aromatic N) is 2. The van der Waals surface area contributed by atoms with Crippen molar-refractivity contribution in [1.82, 2.24) is 9.55 Å². The van der Waals surface area contributed by atoms with E-state index >= 15 is 0 Å². The number of halogens is 1. The SMILES string of the molecule is O=C(O)c1ncn2c1COc1ccc(F)cc1-2. The van der Waals surface area contributed by atoms with Crippen LogP contribution in [0.3, 0.4) is 0 Å². The van der Waals surface area contributed by atoms with Crippen LogP contribution in [0.25, 0.3) is 5.69 Å². The van der Waals surface area contributed by atoms with Crippen molar-refractivity contribution in [2.75, 3.05) is 0 Å². The number of carbonyl (C=O) groups is 1. The van der Waals surface area contributed by atoms with Gasteiger partial charge in [-0.15, -0.1) is 0 Å². The van der Waals surface area contributed by atoms with Gasteiger partial charge in [-0.05, 0) is 12.1 Å². The van der Waals surface area contributed by atoms with Gasteiger partial charge in [-0.25, -0.2) is 14.2 Å². The van der Waals surface area contributed by atoms with Gasteiger partial charge in [0.2, 0.25) is 0 Å². The number of hydrogen-bond donors (Lipinski definition) is 1. The Kier molecular flexibility index (Phi) is 1.91. The quantitative estimate of drug-likeness (QED) is 0.814. The third-order valence-electron chi connectivity index (χ3n) is 2.61. The molecular weight excluding hydrogens is 227 g/mol. The maximum atomic E-state index is 13.1. The average Bonchev–Trinajstić information content (AvgIpc) is 2.72. The van der Waals surface area contributed by atoms with E-state index < -0.39 is 11.8 Å². The molecular formula is C11H7FN2O3. The molecule has 0 saturated carbocycles. The molecule has 0 radical (unpaired) electrons. The van der Waals surface area contributed by atoms with Gasteiger partial charge in [-0.1, -0.05) is 0 Å². The number of aromatic carboxylic acids is 1. The molecule has 0 amide bonds. The van der Waals surface area contributed by atoms with Gasteiger partial charge in [0.05, 0.1) is 11.4 Å². The van der Waals surface area contributed by atoms with Crippen LogP contribution in [0.2, 0.25) is 0 Å². The molecule has 1 aromatic carbocycles. The summed E-state index contributed by atoms with van der Waals surface area (Å²) in [7, 11) is 0. The van der Waals surface area contributed by atoms with E-state index in [1.807, 2.05) is 0 Å². The fraction of sp³-hybridized carbons (Fsp3) is 0.0909. The number of imidazole rings is 1. The van der Waals surface area contributed by atoms with Crippen molar-refractivity contribution in [3.63, 3.8) is 0 Å². The maximum absolute atomic E-state index is 13.1. The fourth-order valence-corrected chi connectivity index (χ4v) is 1.84. The first-order valence-corrected chi connectivity index (χ1v) is 4.89. The van der Waals surface area contributed by atoms with E-state index in [4.69, 9.17) is 9.84 Å². The summed E-state index contributed by atoms with van der Waals surface area (Å²) in [5.74, 6) is -1.03. The van der Waals surface area contributed by atoms with Crippen LogP contribution in [0.4, 0.5) is 4.39 Å². The molecule has 0 spiro atoms. The van der Waals surface area contributed by atoms with Gasteiger partial charge >= 0.3 is 5.97 Å². The van der Waals surface area contributed by atoms with Crippen LogP contribution in [-0.4, -0.2) is 20.6 Å². The van der Waals surface area contributed by atoms with Gasteiger partial charge in [0.15, 0.2) is 5.69 Å². The van der Waals surface area contributed by atoms with Crippen LogP contribution in [-0.2, 0) is 6.61 Å². The number of carboxylic acid groups (broad SMARTS) is 1. The summed E-state index contributed by atoms with van der Waals surface area (Å²) in [4.78, 5) is 14.7. The predicted molar refractivity (Wildman–Crippen MR) is 54.8 cm³/mol. The summed E-state index contributed by atoms with van der Waals surface area (Å²) in [6.07, 6.45) is 1.36. The Morgan fingerprint density at radius 3 is 3.12 bits per heavy atom. The highest BCUT2D eigenvalue weighted by Crippen LogP contribution is 2.31. The van der Waals surface area contributed by atoms with E-state index in [1.54, 1.807) is 0 Å². The third-order valence-corrected chi connectivity index (χ3v) is 2.61. The molecule has 1 N–H and O–H groups in total. The summed E-state index contributed by atoms with van der Waals surface area (Å²) >= 11 is 0. The molecule has 5 nitrogen and oxygen atoms in total. The third kappa shape index (κ3) is 1.37. The van der Waals surface area contributed by atoms with E-state index in [0.29, 0.717) is 17.1 Å². The van der Waals surface area contributed by atoms with Gasteiger partial charge in [0.25, 0.3) is 0 Å². The van der Waals surface area contributed by atoms with Gasteiger partial charge in [-0.2, -0.15) is 0 Å². The van der Waals surface area contributed by atoms with E-state index in [2.05, 4.69) is 4.98 Å². The summed E-state index contributed by atoms with van der Waals surface area (Å²) in [6.45, 7) is 0.111. The van der Waals surface area contributed by atoms with Gasteiger partial charge < -0.3 is 9.84 Å². The van der Waals surface area contributed by atoms with E-state index in [-0.39, 0.29) is 12.3 Å².